The molecule has 3 nitrogen and oxygen atoms in total. The van der Waals surface area contributed by atoms with Crippen LogP contribution in [0.15, 0.2) is 109 Å². The molecule has 0 bridgehead atoms. The summed E-state index contributed by atoms with van der Waals surface area (Å²) in [6, 6.07) is 28.2. The number of nitrogens with zero attached hydrogens (tertiary/aromatic N) is 3. The zero-order valence-corrected chi connectivity index (χ0v) is 38.4. The number of benzene rings is 3. The van der Waals surface area contributed by atoms with E-state index in [9.17, 15) is 35.1 Å². The monoisotopic (exact) mass is 891 g/mol. The van der Waals surface area contributed by atoms with Gasteiger partial charge < -0.3 is 4.90 Å². The van der Waals surface area contributed by atoms with Crippen LogP contribution >= 0.6 is 11.6 Å². The summed E-state index contributed by atoms with van der Waals surface area (Å²) in [5.41, 5.74) is 5.87. The molecule has 6 rings (SSSR count). The Balaban J connectivity index is 0.000000270. The number of rotatable bonds is 6. The first-order chi connectivity index (χ1) is 28.7. The number of pyridine rings is 2. The van der Waals surface area contributed by atoms with Gasteiger partial charge in [-0.1, -0.05) is 123 Å². The maximum Gasteiger partial charge on any atom is 0.433 e. The molecule has 2 aromatic heterocycles. The Kier molecular flexibility index (Phi) is 21.1. The Morgan fingerprint density at radius 2 is 1.00 bits per heavy atom. The molecule has 1 aliphatic rings. The van der Waals surface area contributed by atoms with E-state index in [1.165, 1.54) is 35.0 Å². The summed E-state index contributed by atoms with van der Waals surface area (Å²) >= 11 is 5.79. The molecule has 0 saturated carbocycles. The van der Waals surface area contributed by atoms with Crippen LogP contribution in [0.1, 0.15) is 150 Å². The Bertz CT molecular complexity index is 1960. The van der Waals surface area contributed by atoms with Gasteiger partial charge in [-0.15, -0.1) is 0 Å². The highest BCUT2D eigenvalue weighted by Gasteiger charge is 2.38. The van der Waals surface area contributed by atoms with Crippen molar-refractivity contribution in [2.24, 2.45) is 0 Å². The molecule has 3 heterocycles. The zero-order chi connectivity index (χ0) is 47.0. The smallest absolute Gasteiger partial charge is 0.365 e. The number of hydrogen-bond acceptors (Lipinski definition) is 3. The maximum absolute atomic E-state index is 13.1. The van der Waals surface area contributed by atoms with Gasteiger partial charge in [0.1, 0.15) is 5.69 Å². The molecule has 5 aromatic rings. The van der Waals surface area contributed by atoms with Gasteiger partial charge in [0.2, 0.25) is 0 Å². The second-order valence-electron chi connectivity index (χ2n) is 16.8. The predicted molar refractivity (Wildman–Crippen MR) is 240 cm³/mol. The Morgan fingerprint density at radius 1 is 0.548 bits per heavy atom. The van der Waals surface area contributed by atoms with Crippen LogP contribution in [0, 0.1) is 6.92 Å². The van der Waals surface area contributed by atoms with E-state index in [-0.39, 0.29) is 24.8 Å². The van der Waals surface area contributed by atoms with Crippen molar-refractivity contribution in [2.75, 3.05) is 18.0 Å². The minimum atomic E-state index is -4.34. The third kappa shape index (κ3) is 19.3. The minimum Gasteiger partial charge on any atom is -0.365 e. The lowest BCUT2D eigenvalue weighted by atomic mass is 10.0. The van der Waals surface area contributed by atoms with Crippen LogP contribution in [-0.2, 0) is 12.4 Å². The van der Waals surface area contributed by atoms with Crippen molar-refractivity contribution in [1.29, 1.82) is 0 Å². The number of alkyl halides is 8. The van der Waals surface area contributed by atoms with E-state index in [4.69, 9.17) is 11.6 Å². The Morgan fingerprint density at radius 3 is 1.42 bits per heavy atom. The summed E-state index contributed by atoms with van der Waals surface area (Å²) in [7, 11) is 0. The first kappa shape index (κ1) is 53.6. The largest absolute Gasteiger partial charge is 0.433 e. The standard InChI is InChI=1S/C13H17F2N.C10H11F3.C9H11Cl.C9H10F3N.C9H13N/c1-10(2)11-4-3-5-12(8-11)16-7-6-13(14,15)9-16;1-7(2)8-4-3-5-9(6-8)10(11,12)13;1-7(2)8-4-3-5-9(10)6-8;1-6(2)7-3-4-13-8(5-7)9(10,11)12;1-7(2)9-4-5-10-8(3)6-9/h3-5,8,10H,6-7,9H2,1-2H3;3-7H,1-2H3;3-7H,1-2H3;3-6H,1-2H3;4-7H,1-3H3. The maximum atomic E-state index is 13.1. The zero-order valence-electron chi connectivity index (χ0n) is 37.6. The van der Waals surface area contributed by atoms with Crippen LogP contribution < -0.4 is 4.90 Å². The first-order valence-electron chi connectivity index (χ1n) is 20.8. The summed E-state index contributed by atoms with van der Waals surface area (Å²) in [5, 5.41) is 0.825. The molecule has 0 unspecified atom stereocenters. The molecule has 0 amide bonds. The van der Waals surface area contributed by atoms with E-state index in [0.717, 1.165) is 34.1 Å². The molecule has 0 spiro atoms. The summed E-state index contributed by atoms with van der Waals surface area (Å²) in [6.45, 7) is 22.7. The fraction of sp³-hybridized carbons (Fsp3) is 0.440. The highest BCUT2D eigenvalue weighted by atomic mass is 35.5. The van der Waals surface area contributed by atoms with Gasteiger partial charge in [-0.2, -0.15) is 26.3 Å². The van der Waals surface area contributed by atoms with Crippen LogP contribution in [0.5, 0.6) is 0 Å². The molecule has 0 radical (unpaired) electrons. The van der Waals surface area contributed by atoms with Crippen LogP contribution in [-0.4, -0.2) is 29.0 Å². The molecular weight excluding hydrogens is 830 g/mol. The number of aromatic nitrogens is 2. The average Bonchev–Trinajstić information content (AvgIpc) is 3.57. The lowest BCUT2D eigenvalue weighted by molar-refractivity contribution is -0.141. The Hall–Kier alpha value is -4.51. The van der Waals surface area contributed by atoms with Crippen LogP contribution in [0.3, 0.4) is 0 Å². The molecule has 0 aliphatic carbocycles. The molecule has 12 heteroatoms. The lowest BCUT2D eigenvalue weighted by Crippen LogP contribution is -2.24. The average molecular weight is 893 g/mol. The normalized spacial score (nSPS) is 13.5. The van der Waals surface area contributed by atoms with Crippen LogP contribution in [0.2, 0.25) is 5.02 Å². The SMILES string of the molecule is CC(C)c1cccc(C(F)(F)F)c1.CC(C)c1cccc(Cl)c1.CC(C)c1cccc(N2CCC(F)(F)C2)c1.CC(C)c1ccnc(C(F)(F)F)c1.Cc1cc(C(C)C)ccn1. The molecule has 1 aliphatic heterocycles. The predicted octanol–water partition coefficient (Wildman–Crippen LogP) is 16.7. The van der Waals surface area contributed by atoms with Gasteiger partial charge in [-0.05, 0) is 119 Å². The highest BCUT2D eigenvalue weighted by molar-refractivity contribution is 6.30. The van der Waals surface area contributed by atoms with Crippen LogP contribution in [0.4, 0.5) is 40.8 Å². The summed E-state index contributed by atoms with van der Waals surface area (Å²) < 4.78 is 99.4. The molecule has 62 heavy (non-hydrogen) atoms. The molecule has 1 fully saturated rings. The molecule has 0 atom stereocenters. The highest BCUT2D eigenvalue weighted by Crippen LogP contribution is 2.33. The minimum absolute atomic E-state index is 0.0289. The molecule has 1 saturated heterocycles. The summed E-state index contributed by atoms with van der Waals surface area (Å²) in [4.78, 5) is 9.16. The van der Waals surface area contributed by atoms with Crippen molar-refractivity contribution >= 4 is 17.3 Å². The van der Waals surface area contributed by atoms with Gasteiger partial charge in [0.05, 0.1) is 12.1 Å². The fourth-order valence-electron chi connectivity index (χ4n) is 5.86. The van der Waals surface area contributed by atoms with E-state index >= 15 is 0 Å². The van der Waals surface area contributed by atoms with Crippen molar-refractivity contribution in [2.45, 2.75) is 130 Å². The van der Waals surface area contributed by atoms with Gasteiger partial charge in [0.25, 0.3) is 5.92 Å². The van der Waals surface area contributed by atoms with Crippen LogP contribution in [0.25, 0.3) is 0 Å². The Labute approximate surface area is 369 Å². The van der Waals surface area contributed by atoms with Gasteiger partial charge in [-0.3, -0.25) is 9.97 Å². The van der Waals surface area contributed by atoms with Crippen molar-refractivity contribution in [1.82, 2.24) is 9.97 Å². The second kappa shape index (κ2) is 24.4. The van der Waals surface area contributed by atoms with Gasteiger partial charge in [0, 0.05) is 41.8 Å². The van der Waals surface area contributed by atoms with E-state index in [1.54, 1.807) is 17.0 Å². The van der Waals surface area contributed by atoms with Crippen molar-refractivity contribution in [3.8, 4) is 0 Å². The fourth-order valence-corrected chi connectivity index (χ4v) is 6.06. The first-order valence-corrected chi connectivity index (χ1v) is 21.2. The number of aryl methyl sites for hydroxylation is 1. The van der Waals surface area contributed by atoms with E-state index < -0.39 is 29.5 Å². The van der Waals surface area contributed by atoms with Gasteiger partial charge in [-0.25, -0.2) is 8.78 Å². The van der Waals surface area contributed by atoms with Crippen molar-refractivity contribution < 1.29 is 35.1 Å². The molecule has 0 N–H and O–H groups in total. The third-order valence-corrected chi connectivity index (χ3v) is 10.0. The molecule has 3 aromatic carbocycles. The molecular formula is C50H62ClF8N3. The second-order valence-corrected chi connectivity index (χ2v) is 17.2. The van der Waals surface area contributed by atoms with Gasteiger partial charge in [0.15, 0.2) is 0 Å². The lowest BCUT2D eigenvalue weighted by Gasteiger charge is -2.19. The number of hydrogen-bond donors (Lipinski definition) is 0. The number of anilines is 1. The molecule has 340 valence electrons. The number of halogens is 9. The third-order valence-electron chi connectivity index (χ3n) is 9.80. The van der Waals surface area contributed by atoms with Crippen molar-refractivity contribution in [3.05, 3.63) is 159 Å². The summed E-state index contributed by atoms with van der Waals surface area (Å²) in [6.07, 6.45) is -5.54. The topological polar surface area (TPSA) is 29.0 Å². The quantitative estimate of drug-likeness (QED) is 0.159. The van der Waals surface area contributed by atoms with Gasteiger partial charge >= 0.3 is 12.4 Å². The van der Waals surface area contributed by atoms with E-state index in [0.29, 0.717) is 29.9 Å². The van der Waals surface area contributed by atoms with Crippen molar-refractivity contribution in [3.63, 3.8) is 0 Å². The van der Waals surface area contributed by atoms with E-state index in [2.05, 4.69) is 69.7 Å². The van der Waals surface area contributed by atoms with E-state index in [1.807, 2.05) is 83.3 Å². The summed E-state index contributed by atoms with van der Waals surface area (Å²) in [5.74, 6) is -0.691.